The molecule has 140 valence electrons. The highest BCUT2D eigenvalue weighted by atomic mass is 35.5. The van der Waals surface area contributed by atoms with Crippen LogP contribution in [0, 0.1) is 6.92 Å². The summed E-state index contributed by atoms with van der Waals surface area (Å²) in [6, 6.07) is 14.8. The molecular formula is C19H16Cl2N2O3S. The van der Waals surface area contributed by atoms with Gasteiger partial charge in [-0.3, -0.25) is 4.99 Å². The summed E-state index contributed by atoms with van der Waals surface area (Å²) in [5.41, 5.74) is 1.68. The highest BCUT2D eigenvalue weighted by molar-refractivity contribution is 7.89. The fourth-order valence-corrected chi connectivity index (χ4v) is 3.52. The third-order valence-electron chi connectivity index (χ3n) is 3.74. The Bertz CT molecular complexity index is 1070. The lowest BCUT2D eigenvalue weighted by molar-refractivity contribution is 0.494. The summed E-state index contributed by atoms with van der Waals surface area (Å²) in [5, 5.41) is 1.11. The van der Waals surface area contributed by atoms with Crippen LogP contribution in [-0.2, 0) is 16.6 Å². The van der Waals surface area contributed by atoms with E-state index in [4.69, 9.17) is 27.6 Å². The van der Waals surface area contributed by atoms with Crippen molar-refractivity contribution in [2.45, 2.75) is 18.4 Å². The Morgan fingerprint density at radius 1 is 1.07 bits per heavy atom. The number of halogens is 2. The van der Waals surface area contributed by atoms with Gasteiger partial charge in [0.15, 0.2) is 0 Å². The second-order valence-electron chi connectivity index (χ2n) is 5.77. The first-order chi connectivity index (χ1) is 12.8. The highest BCUT2D eigenvalue weighted by Crippen LogP contribution is 2.22. The minimum absolute atomic E-state index is 0.0230. The minimum Gasteiger partial charge on any atom is -0.459 e. The number of aliphatic imine (C=N–C) groups is 1. The molecule has 0 atom stereocenters. The Morgan fingerprint density at radius 3 is 2.52 bits per heavy atom. The normalized spacial score (nSPS) is 12.0. The number of furan rings is 1. The molecule has 0 aliphatic rings. The zero-order valence-electron chi connectivity index (χ0n) is 14.3. The number of sulfonamides is 1. The predicted molar refractivity (Wildman–Crippen MR) is 108 cm³/mol. The average molecular weight is 423 g/mol. The molecule has 0 aliphatic carbocycles. The summed E-state index contributed by atoms with van der Waals surface area (Å²) in [7, 11) is -3.65. The Labute approximate surface area is 167 Å². The summed E-state index contributed by atoms with van der Waals surface area (Å²) >= 11 is 11.9. The molecule has 1 aromatic heterocycles. The van der Waals surface area contributed by atoms with Crippen LogP contribution in [0.25, 0.3) is 0 Å². The first-order valence-electron chi connectivity index (χ1n) is 7.98. The second kappa shape index (κ2) is 8.27. The summed E-state index contributed by atoms with van der Waals surface area (Å²) < 4.78 is 32.6. The van der Waals surface area contributed by atoms with E-state index in [1.807, 2.05) is 19.1 Å². The maximum atomic E-state index is 12.3. The Hall–Kier alpha value is -2.12. The Kier molecular flexibility index (Phi) is 6.01. The molecule has 2 aromatic carbocycles. The molecule has 1 heterocycles. The van der Waals surface area contributed by atoms with Crippen molar-refractivity contribution in [3.05, 3.63) is 81.7 Å². The predicted octanol–water partition coefficient (Wildman–Crippen LogP) is 5.12. The standard InChI is InChI=1S/C19H16Cl2N2O3S/c1-13-2-5-15(10-19(13)21)22-11-16-6-7-17(26-16)12-23-27(24,25)18-8-3-14(20)4-9-18/h2-11,23H,12H2,1H3. The van der Waals surface area contributed by atoms with Crippen LogP contribution in [-0.4, -0.2) is 14.6 Å². The molecule has 0 radical (unpaired) electrons. The molecule has 5 nitrogen and oxygen atoms in total. The largest absolute Gasteiger partial charge is 0.459 e. The molecule has 0 fully saturated rings. The van der Waals surface area contributed by atoms with Crippen molar-refractivity contribution in [2.24, 2.45) is 4.99 Å². The summed E-state index contributed by atoms with van der Waals surface area (Å²) in [6.07, 6.45) is 1.55. The molecule has 0 bridgehead atoms. The van der Waals surface area contributed by atoms with Crippen molar-refractivity contribution >= 4 is 45.1 Å². The van der Waals surface area contributed by atoms with Crippen LogP contribution >= 0.6 is 23.2 Å². The lowest BCUT2D eigenvalue weighted by atomic mass is 10.2. The van der Waals surface area contributed by atoms with Crippen LogP contribution in [0.4, 0.5) is 5.69 Å². The van der Waals surface area contributed by atoms with Crippen LogP contribution in [0.15, 0.2) is 68.9 Å². The van der Waals surface area contributed by atoms with Crippen LogP contribution in [0.1, 0.15) is 17.1 Å². The van der Waals surface area contributed by atoms with E-state index in [-0.39, 0.29) is 11.4 Å². The van der Waals surface area contributed by atoms with E-state index in [0.717, 1.165) is 5.56 Å². The van der Waals surface area contributed by atoms with E-state index in [1.54, 1.807) is 24.4 Å². The molecule has 1 N–H and O–H groups in total. The molecule has 0 saturated carbocycles. The van der Waals surface area contributed by atoms with Gasteiger partial charge in [-0.25, -0.2) is 13.1 Å². The topological polar surface area (TPSA) is 71.7 Å². The van der Waals surface area contributed by atoms with E-state index < -0.39 is 10.0 Å². The van der Waals surface area contributed by atoms with Gasteiger partial charge >= 0.3 is 0 Å². The summed E-state index contributed by atoms with van der Waals surface area (Å²) in [6.45, 7) is 1.94. The number of nitrogens with one attached hydrogen (secondary N) is 1. The van der Waals surface area contributed by atoms with Gasteiger partial charge in [-0.15, -0.1) is 0 Å². The molecule has 0 unspecified atom stereocenters. The average Bonchev–Trinajstić information content (AvgIpc) is 3.09. The monoisotopic (exact) mass is 422 g/mol. The van der Waals surface area contributed by atoms with E-state index in [9.17, 15) is 8.42 Å². The van der Waals surface area contributed by atoms with Crippen LogP contribution in [0.3, 0.4) is 0 Å². The van der Waals surface area contributed by atoms with Crippen LogP contribution < -0.4 is 4.72 Å². The first-order valence-corrected chi connectivity index (χ1v) is 10.2. The molecule has 0 saturated heterocycles. The van der Waals surface area contributed by atoms with Crippen molar-refractivity contribution in [2.75, 3.05) is 0 Å². The Morgan fingerprint density at radius 2 is 1.81 bits per heavy atom. The zero-order chi connectivity index (χ0) is 19.4. The van der Waals surface area contributed by atoms with E-state index in [1.165, 1.54) is 24.3 Å². The molecule has 0 amide bonds. The second-order valence-corrected chi connectivity index (χ2v) is 8.38. The van der Waals surface area contributed by atoms with Gasteiger partial charge in [0, 0.05) is 10.0 Å². The number of hydrogen-bond donors (Lipinski definition) is 1. The number of benzene rings is 2. The third-order valence-corrected chi connectivity index (χ3v) is 5.82. The molecule has 0 aliphatic heterocycles. The molecule has 3 rings (SSSR count). The lowest BCUT2D eigenvalue weighted by Gasteiger charge is -2.05. The van der Waals surface area contributed by atoms with Gasteiger partial charge < -0.3 is 4.42 Å². The van der Waals surface area contributed by atoms with Crippen LogP contribution in [0.2, 0.25) is 10.0 Å². The SMILES string of the molecule is Cc1ccc(N=Cc2ccc(CNS(=O)(=O)c3ccc(Cl)cc3)o2)cc1Cl. The zero-order valence-corrected chi connectivity index (χ0v) is 16.6. The quantitative estimate of drug-likeness (QED) is 0.559. The first kappa shape index (κ1) is 19.6. The van der Waals surface area contributed by atoms with Gasteiger partial charge in [0.05, 0.1) is 23.3 Å². The van der Waals surface area contributed by atoms with Gasteiger partial charge in [0.25, 0.3) is 0 Å². The maximum absolute atomic E-state index is 12.3. The van der Waals surface area contributed by atoms with Gasteiger partial charge in [-0.1, -0.05) is 29.3 Å². The third kappa shape index (κ3) is 5.20. The van der Waals surface area contributed by atoms with Gasteiger partial charge in [0.1, 0.15) is 11.5 Å². The molecule has 27 heavy (non-hydrogen) atoms. The van der Waals surface area contributed by atoms with E-state index in [0.29, 0.717) is 27.3 Å². The van der Waals surface area contributed by atoms with E-state index in [2.05, 4.69) is 9.71 Å². The number of aryl methyl sites for hydroxylation is 1. The number of rotatable bonds is 6. The summed E-state index contributed by atoms with van der Waals surface area (Å²) in [5.74, 6) is 0.975. The van der Waals surface area contributed by atoms with Gasteiger partial charge in [-0.05, 0) is 61.0 Å². The molecule has 3 aromatic rings. The highest BCUT2D eigenvalue weighted by Gasteiger charge is 2.14. The van der Waals surface area contributed by atoms with Crippen molar-refractivity contribution < 1.29 is 12.8 Å². The van der Waals surface area contributed by atoms with Crippen molar-refractivity contribution in [3.8, 4) is 0 Å². The lowest BCUT2D eigenvalue weighted by Crippen LogP contribution is -2.22. The fraction of sp³-hybridized carbons (Fsp3) is 0.105. The number of hydrogen-bond acceptors (Lipinski definition) is 4. The smallest absolute Gasteiger partial charge is 0.240 e. The molecule has 0 spiro atoms. The fourth-order valence-electron chi connectivity index (χ4n) is 2.22. The minimum atomic E-state index is -3.65. The van der Waals surface area contributed by atoms with Gasteiger partial charge in [-0.2, -0.15) is 0 Å². The van der Waals surface area contributed by atoms with Crippen LogP contribution in [0.5, 0.6) is 0 Å². The maximum Gasteiger partial charge on any atom is 0.240 e. The van der Waals surface area contributed by atoms with Crippen molar-refractivity contribution in [1.29, 1.82) is 0 Å². The van der Waals surface area contributed by atoms with Gasteiger partial charge in [0.2, 0.25) is 10.0 Å². The van der Waals surface area contributed by atoms with Crippen molar-refractivity contribution in [3.63, 3.8) is 0 Å². The molecular weight excluding hydrogens is 407 g/mol. The summed E-state index contributed by atoms with van der Waals surface area (Å²) in [4.78, 5) is 4.44. The Balaban J connectivity index is 1.64. The van der Waals surface area contributed by atoms with Crippen molar-refractivity contribution in [1.82, 2.24) is 4.72 Å². The molecule has 8 heteroatoms. The van der Waals surface area contributed by atoms with E-state index >= 15 is 0 Å². The number of nitrogens with zero attached hydrogens (tertiary/aromatic N) is 1.